The van der Waals surface area contributed by atoms with Crippen molar-refractivity contribution in [1.29, 1.82) is 0 Å². The van der Waals surface area contributed by atoms with Gasteiger partial charge in [0, 0.05) is 38.7 Å². The van der Waals surface area contributed by atoms with Crippen molar-refractivity contribution in [2.24, 2.45) is 0 Å². The molecule has 2 heterocycles. The van der Waals surface area contributed by atoms with Gasteiger partial charge in [0.2, 0.25) is 5.78 Å². The normalized spacial score (nSPS) is 16.5. The molecule has 7 heteroatoms. The van der Waals surface area contributed by atoms with Gasteiger partial charge >= 0.3 is 0 Å². The number of carbonyl (C=O) groups excluding carboxylic acids is 1. The van der Waals surface area contributed by atoms with Gasteiger partial charge in [-0.2, -0.15) is 0 Å². The van der Waals surface area contributed by atoms with Crippen LogP contribution in [0, 0.1) is 6.92 Å². The molecule has 4 nitrogen and oxygen atoms in total. The lowest BCUT2D eigenvalue weighted by Gasteiger charge is -2.30. The number of ether oxygens (including phenoxy) is 2. The van der Waals surface area contributed by atoms with Gasteiger partial charge in [-0.15, -0.1) is 0 Å². The smallest absolute Gasteiger partial charge is 0.231 e. The zero-order valence-electron chi connectivity index (χ0n) is 17.1. The molecule has 0 aromatic heterocycles. The summed E-state index contributed by atoms with van der Waals surface area (Å²) >= 11 is 15.8. The SMILES string of the molecule is Cc1c2c(cc3c1O/C(=C\c1ccc(Br)cc1)C3=O)CN(Cc1ccc(Cl)cc1Cl)CO2. The van der Waals surface area contributed by atoms with E-state index in [9.17, 15) is 4.79 Å². The quantitative estimate of drug-likeness (QED) is 0.341. The van der Waals surface area contributed by atoms with Gasteiger partial charge in [0.05, 0.1) is 5.56 Å². The van der Waals surface area contributed by atoms with Crippen molar-refractivity contribution in [3.63, 3.8) is 0 Å². The summed E-state index contributed by atoms with van der Waals surface area (Å²) in [5.41, 5.74) is 4.24. The molecule has 3 aromatic rings. The van der Waals surface area contributed by atoms with Gasteiger partial charge in [0.1, 0.15) is 18.2 Å². The molecule has 2 aliphatic rings. The van der Waals surface area contributed by atoms with Crippen molar-refractivity contribution in [2.45, 2.75) is 20.0 Å². The van der Waals surface area contributed by atoms with Gasteiger partial charge in [-0.05, 0) is 54.5 Å². The fourth-order valence-corrected chi connectivity index (χ4v) is 4.73. The van der Waals surface area contributed by atoms with E-state index in [1.54, 1.807) is 12.1 Å². The summed E-state index contributed by atoms with van der Waals surface area (Å²) in [7, 11) is 0. The number of hydrogen-bond donors (Lipinski definition) is 0. The molecule has 2 aliphatic heterocycles. The Labute approximate surface area is 204 Å². The Bertz CT molecular complexity index is 1270. The van der Waals surface area contributed by atoms with Crippen molar-refractivity contribution in [3.8, 4) is 11.5 Å². The van der Waals surface area contributed by atoms with Crippen LogP contribution in [0.1, 0.15) is 32.6 Å². The van der Waals surface area contributed by atoms with E-state index >= 15 is 0 Å². The van der Waals surface area contributed by atoms with E-state index in [-0.39, 0.29) is 5.78 Å². The molecule has 0 unspecified atom stereocenters. The zero-order valence-corrected chi connectivity index (χ0v) is 20.2. The van der Waals surface area contributed by atoms with Gasteiger partial charge in [-0.25, -0.2) is 0 Å². The third-order valence-corrected chi connectivity index (χ3v) is 6.69. The topological polar surface area (TPSA) is 38.8 Å². The largest absolute Gasteiger partial charge is 0.477 e. The molecule has 0 amide bonds. The maximum Gasteiger partial charge on any atom is 0.231 e. The van der Waals surface area contributed by atoms with Gasteiger partial charge in [0.15, 0.2) is 5.76 Å². The van der Waals surface area contributed by atoms with Crippen molar-refractivity contribution < 1.29 is 14.3 Å². The van der Waals surface area contributed by atoms with Crippen molar-refractivity contribution in [2.75, 3.05) is 6.73 Å². The number of allylic oxidation sites excluding steroid dienone is 1. The summed E-state index contributed by atoms with van der Waals surface area (Å²) in [6.45, 7) is 3.60. The highest BCUT2D eigenvalue weighted by molar-refractivity contribution is 9.10. The summed E-state index contributed by atoms with van der Waals surface area (Å²) in [6, 6.07) is 15.1. The van der Waals surface area contributed by atoms with Crippen LogP contribution in [-0.2, 0) is 13.1 Å². The number of hydrogen-bond acceptors (Lipinski definition) is 4. The van der Waals surface area contributed by atoms with Crippen LogP contribution in [-0.4, -0.2) is 17.4 Å². The van der Waals surface area contributed by atoms with E-state index in [0.717, 1.165) is 32.5 Å². The van der Waals surface area contributed by atoms with Gasteiger partial charge in [-0.1, -0.05) is 57.3 Å². The molecule has 0 N–H and O–H groups in total. The predicted molar refractivity (Wildman–Crippen MR) is 129 cm³/mol. The number of rotatable bonds is 3. The minimum absolute atomic E-state index is 0.119. The molecule has 0 atom stereocenters. The minimum atomic E-state index is -0.119. The molecule has 0 saturated carbocycles. The van der Waals surface area contributed by atoms with Crippen LogP contribution in [0.15, 0.2) is 58.8 Å². The van der Waals surface area contributed by atoms with Gasteiger partial charge < -0.3 is 9.47 Å². The number of benzene rings is 3. The van der Waals surface area contributed by atoms with E-state index in [4.69, 9.17) is 32.7 Å². The average Bonchev–Trinajstić information content (AvgIpc) is 3.07. The predicted octanol–water partition coefficient (Wildman–Crippen LogP) is 7.03. The summed E-state index contributed by atoms with van der Waals surface area (Å²) in [5, 5.41) is 1.23. The Morgan fingerprint density at radius 3 is 2.62 bits per heavy atom. The minimum Gasteiger partial charge on any atom is -0.477 e. The van der Waals surface area contributed by atoms with Crippen LogP contribution in [0.2, 0.25) is 10.0 Å². The summed E-state index contributed by atoms with van der Waals surface area (Å²) < 4.78 is 13.0. The van der Waals surface area contributed by atoms with E-state index < -0.39 is 0 Å². The van der Waals surface area contributed by atoms with Crippen LogP contribution in [0.3, 0.4) is 0 Å². The highest BCUT2D eigenvalue weighted by Gasteiger charge is 2.33. The number of nitrogens with zero attached hydrogens (tertiary/aromatic N) is 1. The molecule has 5 rings (SSSR count). The molecule has 162 valence electrons. The fourth-order valence-electron chi connectivity index (χ4n) is 4.00. The standard InChI is InChI=1S/C25H18BrCl2NO3/c1-14-24-17(12-29(13-31-24)11-16-4-7-19(27)10-21(16)28)9-20-23(30)22(32-25(14)20)8-15-2-5-18(26)6-3-15/h2-10H,11-13H2,1H3/b22-8-. The summed E-state index contributed by atoms with van der Waals surface area (Å²) in [4.78, 5) is 15.2. The zero-order chi connectivity index (χ0) is 22.4. The van der Waals surface area contributed by atoms with Crippen LogP contribution >= 0.6 is 39.1 Å². The second-order valence-electron chi connectivity index (χ2n) is 7.85. The molecule has 3 aromatic carbocycles. The number of fused-ring (bicyclic) bond motifs is 2. The summed E-state index contributed by atoms with van der Waals surface area (Å²) in [5.74, 6) is 1.55. The second-order valence-corrected chi connectivity index (χ2v) is 9.61. The van der Waals surface area contributed by atoms with Crippen LogP contribution < -0.4 is 9.47 Å². The van der Waals surface area contributed by atoms with Gasteiger partial charge in [0.25, 0.3) is 0 Å². The first-order valence-electron chi connectivity index (χ1n) is 10.0. The molecular weight excluding hydrogens is 513 g/mol. The third kappa shape index (κ3) is 4.06. The number of carbonyl (C=O) groups is 1. The van der Waals surface area contributed by atoms with Crippen LogP contribution in [0.4, 0.5) is 0 Å². The fraction of sp³-hybridized carbons (Fsp3) is 0.160. The number of ketones is 1. The number of Topliss-reactive ketones (excluding diaryl/α,β-unsaturated/α-hetero) is 1. The Morgan fingerprint density at radius 2 is 1.88 bits per heavy atom. The van der Waals surface area contributed by atoms with Crippen molar-refractivity contribution in [1.82, 2.24) is 4.90 Å². The lowest BCUT2D eigenvalue weighted by molar-refractivity contribution is 0.0877. The molecule has 0 fully saturated rings. The maximum atomic E-state index is 13.1. The first-order valence-corrected chi connectivity index (χ1v) is 11.6. The highest BCUT2D eigenvalue weighted by atomic mass is 79.9. The molecule has 0 radical (unpaired) electrons. The average molecular weight is 531 g/mol. The molecule has 32 heavy (non-hydrogen) atoms. The van der Waals surface area contributed by atoms with Crippen molar-refractivity contribution in [3.05, 3.63) is 96.6 Å². The Morgan fingerprint density at radius 1 is 1.09 bits per heavy atom. The van der Waals surface area contributed by atoms with E-state index in [1.165, 1.54) is 0 Å². The van der Waals surface area contributed by atoms with Crippen LogP contribution in [0.5, 0.6) is 11.5 Å². The van der Waals surface area contributed by atoms with Crippen molar-refractivity contribution >= 4 is 51.0 Å². The molecule has 0 aliphatic carbocycles. The Balaban J connectivity index is 1.41. The second kappa shape index (κ2) is 8.56. The van der Waals surface area contributed by atoms with Crippen LogP contribution in [0.25, 0.3) is 6.08 Å². The lowest BCUT2D eigenvalue weighted by Crippen LogP contribution is -2.32. The molecular formula is C25H18BrCl2NO3. The molecule has 0 bridgehead atoms. The van der Waals surface area contributed by atoms with E-state index in [0.29, 0.717) is 46.9 Å². The highest BCUT2D eigenvalue weighted by Crippen LogP contribution is 2.43. The maximum absolute atomic E-state index is 13.1. The summed E-state index contributed by atoms with van der Waals surface area (Å²) in [6.07, 6.45) is 1.77. The van der Waals surface area contributed by atoms with E-state index in [2.05, 4.69) is 20.8 Å². The first-order chi connectivity index (χ1) is 15.4. The van der Waals surface area contributed by atoms with E-state index in [1.807, 2.05) is 49.4 Å². The Kier molecular flexibility index (Phi) is 5.76. The third-order valence-electron chi connectivity index (χ3n) is 5.58. The molecule has 0 saturated heterocycles. The Hall–Kier alpha value is -2.31. The monoisotopic (exact) mass is 529 g/mol. The first kappa shape index (κ1) is 21.5. The molecule has 0 spiro atoms. The van der Waals surface area contributed by atoms with Gasteiger partial charge in [-0.3, -0.25) is 9.69 Å². The lowest BCUT2D eigenvalue weighted by atomic mass is 10.00. The number of halogens is 3.